The lowest BCUT2D eigenvalue weighted by Crippen LogP contribution is -2.19. The van der Waals surface area contributed by atoms with Crippen LogP contribution in [-0.2, 0) is 6.54 Å². The molecule has 112 valence electrons. The molecule has 1 N–H and O–H groups in total. The molecule has 0 fully saturated rings. The summed E-state index contributed by atoms with van der Waals surface area (Å²) in [5, 5.41) is 3.53. The fourth-order valence-corrected chi connectivity index (χ4v) is 2.83. The van der Waals surface area contributed by atoms with Crippen molar-refractivity contribution >= 4 is 0 Å². The molecular weight excluding hydrogens is 261 g/mol. The Labute approximate surface area is 127 Å². The molecule has 0 spiro atoms. The van der Waals surface area contributed by atoms with Crippen LogP contribution in [0.2, 0.25) is 0 Å². The minimum Gasteiger partial charge on any atom is -0.306 e. The molecule has 1 nitrogen and oxygen atoms in total. The van der Waals surface area contributed by atoms with E-state index in [1.165, 1.54) is 16.7 Å². The Morgan fingerprint density at radius 1 is 0.952 bits per heavy atom. The van der Waals surface area contributed by atoms with Crippen molar-refractivity contribution in [2.24, 2.45) is 0 Å². The smallest absolute Gasteiger partial charge is 0.129 e. The van der Waals surface area contributed by atoms with Gasteiger partial charge in [-0.25, -0.2) is 4.39 Å². The molecule has 0 heterocycles. The van der Waals surface area contributed by atoms with Gasteiger partial charge in [-0.1, -0.05) is 35.9 Å². The Hall–Kier alpha value is -1.67. The summed E-state index contributed by atoms with van der Waals surface area (Å²) in [6, 6.07) is 10.7. The first-order valence-electron chi connectivity index (χ1n) is 7.44. The molecule has 2 rings (SSSR count). The maximum absolute atomic E-state index is 13.6. The van der Waals surface area contributed by atoms with Crippen LogP contribution in [0.4, 0.5) is 4.39 Å². The van der Waals surface area contributed by atoms with Crippen LogP contribution in [0.5, 0.6) is 0 Å². The van der Waals surface area contributed by atoms with Gasteiger partial charge in [-0.3, -0.25) is 0 Å². The van der Waals surface area contributed by atoms with Crippen molar-refractivity contribution in [2.75, 3.05) is 0 Å². The molecule has 1 atom stereocenters. The highest BCUT2D eigenvalue weighted by atomic mass is 19.1. The fourth-order valence-electron chi connectivity index (χ4n) is 2.83. The monoisotopic (exact) mass is 285 g/mol. The lowest BCUT2D eigenvalue weighted by Gasteiger charge is -2.18. The number of benzene rings is 2. The van der Waals surface area contributed by atoms with E-state index in [4.69, 9.17) is 0 Å². The summed E-state index contributed by atoms with van der Waals surface area (Å²) in [6.07, 6.45) is 0. The van der Waals surface area contributed by atoms with E-state index in [0.717, 1.165) is 12.1 Å². The van der Waals surface area contributed by atoms with Crippen molar-refractivity contribution in [3.63, 3.8) is 0 Å². The van der Waals surface area contributed by atoms with Crippen LogP contribution in [-0.4, -0.2) is 0 Å². The second-order valence-corrected chi connectivity index (χ2v) is 6.01. The number of aryl methyl sites for hydroxylation is 4. The molecule has 0 radical (unpaired) electrons. The lowest BCUT2D eigenvalue weighted by atomic mass is 10.00. The van der Waals surface area contributed by atoms with Gasteiger partial charge < -0.3 is 5.32 Å². The van der Waals surface area contributed by atoms with Gasteiger partial charge in [-0.05, 0) is 62.4 Å². The minimum atomic E-state index is -0.0961. The third-order valence-electron chi connectivity index (χ3n) is 4.00. The molecule has 21 heavy (non-hydrogen) atoms. The van der Waals surface area contributed by atoms with Crippen LogP contribution in [0.1, 0.15) is 46.3 Å². The average molecular weight is 285 g/mol. The van der Waals surface area contributed by atoms with Gasteiger partial charge in [-0.15, -0.1) is 0 Å². The molecule has 2 aromatic rings. The van der Waals surface area contributed by atoms with Gasteiger partial charge in [0.2, 0.25) is 0 Å². The summed E-state index contributed by atoms with van der Waals surface area (Å²) < 4.78 is 13.6. The van der Waals surface area contributed by atoms with Crippen molar-refractivity contribution in [3.05, 3.63) is 69.5 Å². The SMILES string of the molecule is Cc1ccc(C(C)NCc2cc(C)c(F)c(C)c2)c(C)c1. The molecule has 0 bridgehead atoms. The van der Waals surface area contributed by atoms with E-state index in [-0.39, 0.29) is 11.9 Å². The van der Waals surface area contributed by atoms with E-state index in [1.54, 1.807) is 0 Å². The summed E-state index contributed by atoms with van der Waals surface area (Å²) >= 11 is 0. The van der Waals surface area contributed by atoms with Gasteiger partial charge in [0.1, 0.15) is 5.82 Å². The van der Waals surface area contributed by atoms with Crippen molar-refractivity contribution in [3.8, 4) is 0 Å². The second-order valence-electron chi connectivity index (χ2n) is 6.01. The minimum absolute atomic E-state index is 0.0961. The Morgan fingerprint density at radius 2 is 1.57 bits per heavy atom. The van der Waals surface area contributed by atoms with Crippen LogP contribution in [0.3, 0.4) is 0 Å². The fraction of sp³-hybridized carbons (Fsp3) is 0.368. The maximum atomic E-state index is 13.6. The van der Waals surface area contributed by atoms with Crippen LogP contribution < -0.4 is 5.32 Å². The van der Waals surface area contributed by atoms with Crippen LogP contribution >= 0.6 is 0 Å². The number of nitrogens with one attached hydrogen (secondary N) is 1. The van der Waals surface area contributed by atoms with E-state index in [9.17, 15) is 4.39 Å². The highest BCUT2D eigenvalue weighted by Gasteiger charge is 2.09. The van der Waals surface area contributed by atoms with Crippen molar-refractivity contribution in [2.45, 2.75) is 47.2 Å². The zero-order valence-electron chi connectivity index (χ0n) is 13.5. The van der Waals surface area contributed by atoms with E-state index in [1.807, 2.05) is 26.0 Å². The molecule has 2 heteroatoms. The summed E-state index contributed by atoms with van der Waals surface area (Å²) in [5.41, 5.74) is 6.46. The maximum Gasteiger partial charge on any atom is 0.129 e. The summed E-state index contributed by atoms with van der Waals surface area (Å²) in [7, 11) is 0. The Balaban J connectivity index is 2.09. The van der Waals surface area contributed by atoms with Crippen LogP contribution in [0.15, 0.2) is 30.3 Å². The molecule has 0 saturated heterocycles. The lowest BCUT2D eigenvalue weighted by molar-refractivity contribution is 0.568. The zero-order valence-corrected chi connectivity index (χ0v) is 13.5. The Morgan fingerprint density at radius 3 is 2.14 bits per heavy atom. The van der Waals surface area contributed by atoms with Gasteiger partial charge in [-0.2, -0.15) is 0 Å². The summed E-state index contributed by atoms with van der Waals surface area (Å²) in [4.78, 5) is 0. The van der Waals surface area contributed by atoms with E-state index in [0.29, 0.717) is 11.1 Å². The van der Waals surface area contributed by atoms with Gasteiger partial charge in [0.25, 0.3) is 0 Å². The first-order valence-corrected chi connectivity index (χ1v) is 7.44. The third-order valence-corrected chi connectivity index (χ3v) is 4.00. The van der Waals surface area contributed by atoms with Crippen molar-refractivity contribution < 1.29 is 4.39 Å². The molecule has 0 saturated carbocycles. The first kappa shape index (κ1) is 15.7. The molecule has 0 aliphatic heterocycles. The molecule has 0 aromatic heterocycles. The van der Waals surface area contributed by atoms with Crippen molar-refractivity contribution in [1.29, 1.82) is 0 Å². The number of hydrogen-bond acceptors (Lipinski definition) is 1. The topological polar surface area (TPSA) is 12.0 Å². The summed E-state index contributed by atoms with van der Waals surface area (Å²) in [5.74, 6) is -0.0961. The molecular formula is C19H24FN. The standard InChI is InChI=1S/C19H24FN/c1-12-6-7-18(13(2)8-12)16(5)21-11-17-9-14(3)19(20)15(4)10-17/h6-10,16,21H,11H2,1-5H3. The summed E-state index contributed by atoms with van der Waals surface area (Å²) in [6.45, 7) is 10.8. The Kier molecular flexibility index (Phi) is 4.79. The quantitative estimate of drug-likeness (QED) is 0.841. The molecule has 0 aliphatic rings. The van der Waals surface area contributed by atoms with Crippen LogP contribution in [0, 0.1) is 33.5 Å². The highest BCUT2D eigenvalue weighted by Crippen LogP contribution is 2.20. The van der Waals surface area contributed by atoms with E-state index in [2.05, 4.69) is 44.3 Å². The van der Waals surface area contributed by atoms with Gasteiger partial charge in [0, 0.05) is 12.6 Å². The molecule has 0 aliphatic carbocycles. The molecule has 1 unspecified atom stereocenters. The van der Waals surface area contributed by atoms with E-state index < -0.39 is 0 Å². The van der Waals surface area contributed by atoms with Crippen LogP contribution in [0.25, 0.3) is 0 Å². The number of hydrogen-bond donors (Lipinski definition) is 1. The normalized spacial score (nSPS) is 12.5. The predicted octanol–water partition coefficient (Wildman–Crippen LogP) is 4.91. The first-order chi connectivity index (χ1) is 9.88. The number of halogens is 1. The van der Waals surface area contributed by atoms with Gasteiger partial charge >= 0.3 is 0 Å². The van der Waals surface area contributed by atoms with E-state index >= 15 is 0 Å². The number of rotatable bonds is 4. The highest BCUT2D eigenvalue weighted by molar-refractivity contribution is 5.33. The predicted molar refractivity (Wildman–Crippen MR) is 87.0 cm³/mol. The van der Waals surface area contributed by atoms with Crippen molar-refractivity contribution in [1.82, 2.24) is 5.32 Å². The van der Waals surface area contributed by atoms with Gasteiger partial charge in [0.15, 0.2) is 0 Å². The largest absolute Gasteiger partial charge is 0.306 e. The zero-order chi connectivity index (χ0) is 15.6. The van der Waals surface area contributed by atoms with Gasteiger partial charge in [0.05, 0.1) is 0 Å². The Bertz CT molecular complexity index is 623. The third kappa shape index (κ3) is 3.70. The molecule has 2 aromatic carbocycles. The molecule has 0 amide bonds. The average Bonchev–Trinajstić information content (AvgIpc) is 2.42. The second kappa shape index (κ2) is 6.40.